The van der Waals surface area contributed by atoms with Crippen LogP contribution in [0.3, 0.4) is 0 Å². The van der Waals surface area contributed by atoms with Crippen molar-refractivity contribution < 1.29 is 4.79 Å². The number of aliphatic imine (C=N–C) groups is 1. The molecule has 0 bridgehead atoms. The van der Waals surface area contributed by atoms with Crippen LogP contribution in [0.2, 0.25) is 0 Å². The standard InChI is InChI=1S/C25H31N7O/c1-2-27-25(29-16-21-8-10-28-23(14-21)32-13-11-26-19-32)30-17-22-15-24(33)31(18-22)12-9-20-6-4-3-5-7-20/h3-8,10-11,13-14,19,22H,2,9,12,15-18H2,1H3,(H2,27,29,30). The highest BCUT2D eigenvalue weighted by atomic mass is 16.2. The van der Waals surface area contributed by atoms with Crippen LogP contribution in [0.25, 0.3) is 5.82 Å². The first-order valence-corrected chi connectivity index (χ1v) is 11.5. The number of carbonyl (C=O) groups excluding carboxylic acids is 1. The van der Waals surface area contributed by atoms with E-state index in [2.05, 4.69) is 32.7 Å². The quantitative estimate of drug-likeness (QED) is 0.390. The van der Waals surface area contributed by atoms with Crippen LogP contribution < -0.4 is 10.6 Å². The Hall–Kier alpha value is -3.68. The number of guanidine groups is 1. The van der Waals surface area contributed by atoms with Gasteiger partial charge in [0, 0.05) is 57.1 Å². The predicted molar refractivity (Wildman–Crippen MR) is 129 cm³/mol. The number of hydrogen-bond acceptors (Lipinski definition) is 4. The average molecular weight is 446 g/mol. The van der Waals surface area contributed by atoms with Crippen molar-refractivity contribution in [3.63, 3.8) is 0 Å². The summed E-state index contributed by atoms with van der Waals surface area (Å²) in [6.07, 6.45) is 8.59. The summed E-state index contributed by atoms with van der Waals surface area (Å²) in [4.78, 5) is 27.6. The minimum Gasteiger partial charge on any atom is -0.357 e. The Balaban J connectivity index is 1.29. The van der Waals surface area contributed by atoms with Gasteiger partial charge in [0.1, 0.15) is 12.1 Å². The van der Waals surface area contributed by atoms with Gasteiger partial charge in [0.15, 0.2) is 5.96 Å². The molecular weight excluding hydrogens is 414 g/mol. The first-order valence-electron chi connectivity index (χ1n) is 11.5. The summed E-state index contributed by atoms with van der Waals surface area (Å²) in [6.45, 7) is 5.63. The molecule has 8 nitrogen and oxygen atoms in total. The molecule has 172 valence electrons. The number of imidazole rings is 1. The number of rotatable bonds is 9. The van der Waals surface area contributed by atoms with Gasteiger partial charge in [-0.2, -0.15) is 0 Å². The van der Waals surface area contributed by atoms with Crippen LogP contribution in [0.4, 0.5) is 0 Å². The average Bonchev–Trinajstić information content (AvgIpc) is 3.50. The monoisotopic (exact) mass is 445 g/mol. The van der Waals surface area contributed by atoms with Crippen LogP contribution in [-0.2, 0) is 17.8 Å². The minimum absolute atomic E-state index is 0.239. The molecule has 1 atom stereocenters. The van der Waals surface area contributed by atoms with E-state index in [1.54, 1.807) is 18.7 Å². The third-order valence-electron chi connectivity index (χ3n) is 5.71. The van der Waals surface area contributed by atoms with E-state index in [1.165, 1.54) is 5.56 Å². The number of aromatic nitrogens is 3. The molecule has 3 aromatic rings. The maximum Gasteiger partial charge on any atom is 0.223 e. The van der Waals surface area contributed by atoms with E-state index in [1.807, 2.05) is 52.9 Å². The molecule has 1 unspecified atom stereocenters. The molecule has 1 aromatic carbocycles. The summed E-state index contributed by atoms with van der Waals surface area (Å²) in [5.74, 6) is 2.10. The van der Waals surface area contributed by atoms with Gasteiger partial charge in [0.05, 0.1) is 6.54 Å². The number of nitrogens with zero attached hydrogens (tertiary/aromatic N) is 5. The zero-order valence-electron chi connectivity index (χ0n) is 19.0. The van der Waals surface area contributed by atoms with Gasteiger partial charge >= 0.3 is 0 Å². The minimum atomic E-state index is 0.239. The van der Waals surface area contributed by atoms with Crippen molar-refractivity contribution in [1.29, 1.82) is 0 Å². The van der Waals surface area contributed by atoms with Crippen molar-refractivity contribution in [3.8, 4) is 5.82 Å². The van der Waals surface area contributed by atoms with E-state index in [0.29, 0.717) is 13.0 Å². The van der Waals surface area contributed by atoms with Crippen LogP contribution in [0.5, 0.6) is 0 Å². The summed E-state index contributed by atoms with van der Waals surface area (Å²) >= 11 is 0. The molecule has 0 radical (unpaired) electrons. The third kappa shape index (κ3) is 6.41. The van der Waals surface area contributed by atoms with Gasteiger partial charge in [-0.05, 0) is 36.6 Å². The van der Waals surface area contributed by atoms with Crippen molar-refractivity contribution in [3.05, 3.63) is 78.5 Å². The molecule has 2 aromatic heterocycles. The summed E-state index contributed by atoms with van der Waals surface area (Å²) in [7, 11) is 0. The lowest BCUT2D eigenvalue weighted by Gasteiger charge is -2.18. The highest BCUT2D eigenvalue weighted by Gasteiger charge is 2.29. The third-order valence-corrected chi connectivity index (χ3v) is 5.71. The highest BCUT2D eigenvalue weighted by molar-refractivity contribution is 5.81. The Morgan fingerprint density at radius 3 is 2.82 bits per heavy atom. The fourth-order valence-electron chi connectivity index (χ4n) is 3.96. The zero-order valence-corrected chi connectivity index (χ0v) is 19.0. The normalized spacial score (nSPS) is 16.3. The van der Waals surface area contributed by atoms with Crippen LogP contribution in [0, 0.1) is 5.92 Å². The molecule has 3 heterocycles. The fraction of sp³-hybridized carbons (Fsp3) is 0.360. The van der Waals surface area contributed by atoms with Gasteiger partial charge in [0.2, 0.25) is 5.91 Å². The fourth-order valence-corrected chi connectivity index (χ4v) is 3.96. The SMILES string of the molecule is CCNC(=NCc1ccnc(-n2ccnc2)c1)NCC1CC(=O)N(CCc2ccccc2)C1. The van der Waals surface area contributed by atoms with Gasteiger partial charge in [-0.25, -0.2) is 15.0 Å². The number of amides is 1. The van der Waals surface area contributed by atoms with Gasteiger partial charge in [-0.1, -0.05) is 30.3 Å². The number of likely N-dealkylation sites (tertiary alicyclic amines) is 1. The summed E-state index contributed by atoms with van der Waals surface area (Å²) in [5, 5.41) is 6.72. The van der Waals surface area contributed by atoms with E-state index in [0.717, 1.165) is 49.9 Å². The Morgan fingerprint density at radius 2 is 2.03 bits per heavy atom. The van der Waals surface area contributed by atoms with E-state index in [9.17, 15) is 4.79 Å². The van der Waals surface area contributed by atoms with Crippen LogP contribution >= 0.6 is 0 Å². The zero-order chi connectivity index (χ0) is 22.9. The summed E-state index contributed by atoms with van der Waals surface area (Å²) in [5.41, 5.74) is 2.33. The molecule has 1 fully saturated rings. The molecule has 0 saturated carbocycles. The molecule has 2 N–H and O–H groups in total. The van der Waals surface area contributed by atoms with Crippen LogP contribution in [0.1, 0.15) is 24.5 Å². The summed E-state index contributed by atoms with van der Waals surface area (Å²) < 4.78 is 1.87. The Morgan fingerprint density at radius 1 is 1.15 bits per heavy atom. The van der Waals surface area contributed by atoms with Gasteiger partial charge in [-0.3, -0.25) is 9.36 Å². The number of hydrogen-bond donors (Lipinski definition) is 2. The van der Waals surface area contributed by atoms with E-state index >= 15 is 0 Å². The van der Waals surface area contributed by atoms with Gasteiger partial charge in [0.25, 0.3) is 0 Å². The van der Waals surface area contributed by atoms with Crippen molar-refractivity contribution in [2.45, 2.75) is 26.3 Å². The Bertz CT molecular complexity index is 1050. The number of benzene rings is 1. The second-order valence-electron chi connectivity index (χ2n) is 8.21. The van der Waals surface area contributed by atoms with Crippen molar-refractivity contribution >= 4 is 11.9 Å². The van der Waals surface area contributed by atoms with Crippen molar-refractivity contribution in [1.82, 2.24) is 30.1 Å². The molecule has 1 saturated heterocycles. The second kappa shape index (κ2) is 11.3. The van der Waals surface area contributed by atoms with E-state index < -0.39 is 0 Å². The molecule has 8 heteroatoms. The smallest absolute Gasteiger partial charge is 0.223 e. The maximum atomic E-state index is 12.5. The topological polar surface area (TPSA) is 87.4 Å². The van der Waals surface area contributed by atoms with Crippen LogP contribution in [0.15, 0.2) is 72.4 Å². The molecule has 33 heavy (non-hydrogen) atoms. The molecular formula is C25H31N7O. The van der Waals surface area contributed by atoms with Crippen molar-refractivity contribution in [2.24, 2.45) is 10.9 Å². The first kappa shape index (κ1) is 22.5. The summed E-state index contributed by atoms with van der Waals surface area (Å²) in [6, 6.07) is 14.3. The lowest BCUT2D eigenvalue weighted by molar-refractivity contribution is -0.127. The number of pyridine rings is 1. The molecule has 1 amide bonds. The van der Waals surface area contributed by atoms with Gasteiger partial charge < -0.3 is 15.5 Å². The van der Waals surface area contributed by atoms with Gasteiger partial charge in [-0.15, -0.1) is 0 Å². The highest BCUT2D eigenvalue weighted by Crippen LogP contribution is 2.17. The number of carbonyl (C=O) groups is 1. The second-order valence-corrected chi connectivity index (χ2v) is 8.21. The number of nitrogens with one attached hydrogen (secondary N) is 2. The van der Waals surface area contributed by atoms with E-state index in [4.69, 9.17) is 4.99 Å². The Kier molecular flexibility index (Phi) is 7.68. The van der Waals surface area contributed by atoms with Crippen LogP contribution in [-0.4, -0.2) is 57.5 Å². The molecule has 1 aliphatic heterocycles. The molecule has 1 aliphatic rings. The molecule has 0 aliphatic carbocycles. The molecule has 4 rings (SSSR count). The Labute approximate surface area is 194 Å². The predicted octanol–water partition coefficient (Wildman–Crippen LogP) is 2.41. The first-order chi connectivity index (χ1) is 16.2. The molecule has 0 spiro atoms. The maximum absolute atomic E-state index is 12.5. The lowest BCUT2D eigenvalue weighted by Crippen LogP contribution is -2.40. The largest absolute Gasteiger partial charge is 0.357 e. The van der Waals surface area contributed by atoms with Crippen molar-refractivity contribution in [2.75, 3.05) is 26.2 Å². The van der Waals surface area contributed by atoms with E-state index in [-0.39, 0.29) is 11.8 Å². The lowest BCUT2D eigenvalue weighted by atomic mass is 10.1.